The summed E-state index contributed by atoms with van der Waals surface area (Å²) in [4.78, 5) is 11.5. The van der Waals surface area contributed by atoms with Gasteiger partial charge in [-0.1, -0.05) is 18.2 Å². The van der Waals surface area contributed by atoms with Crippen molar-refractivity contribution in [2.24, 2.45) is 11.3 Å². The third kappa shape index (κ3) is 2.45. The molecular weight excluding hydrogens is 276 g/mol. The molecular formula is C19H24O3. The summed E-state index contributed by atoms with van der Waals surface area (Å²) >= 11 is 0. The van der Waals surface area contributed by atoms with Gasteiger partial charge in [0.05, 0.1) is 13.0 Å². The van der Waals surface area contributed by atoms with Gasteiger partial charge in [-0.15, -0.1) is 0 Å². The molecule has 118 valence electrons. The number of hydrogen-bond acceptors (Lipinski definition) is 3. The quantitative estimate of drug-likeness (QED) is 0.854. The molecule has 1 aromatic rings. The van der Waals surface area contributed by atoms with E-state index in [1.807, 2.05) is 0 Å². The molecule has 0 radical (unpaired) electrons. The Morgan fingerprint density at radius 1 is 1.27 bits per heavy atom. The van der Waals surface area contributed by atoms with Crippen LogP contribution in [-0.2, 0) is 22.4 Å². The van der Waals surface area contributed by atoms with Gasteiger partial charge in [0.1, 0.15) is 0 Å². The Hall–Kier alpha value is -1.35. The topological polar surface area (TPSA) is 46.5 Å². The first-order valence-corrected chi connectivity index (χ1v) is 8.56. The van der Waals surface area contributed by atoms with Gasteiger partial charge in [-0.2, -0.15) is 0 Å². The van der Waals surface area contributed by atoms with Crippen LogP contribution in [0.15, 0.2) is 18.2 Å². The van der Waals surface area contributed by atoms with E-state index in [9.17, 15) is 9.90 Å². The molecule has 3 nitrogen and oxygen atoms in total. The van der Waals surface area contributed by atoms with Crippen molar-refractivity contribution < 1.29 is 14.6 Å². The number of aliphatic hydroxyl groups is 1. The Balaban J connectivity index is 1.51. The predicted octanol–water partition coefficient (Wildman–Crippen LogP) is 2.98. The van der Waals surface area contributed by atoms with Crippen molar-refractivity contribution in [3.63, 3.8) is 0 Å². The Kier molecular flexibility index (Phi) is 3.48. The zero-order valence-electron chi connectivity index (χ0n) is 13.0. The van der Waals surface area contributed by atoms with Gasteiger partial charge in [0, 0.05) is 12.0 Å². The number of carbonyl (C=O) groups excluding carboxylic acids is 1. The Labute approximate surface area is 131 Å². The number of esters is 1. The summed E-state index contributed by atoms with van der Waals surface area (Å²) in [5, 5.41) is 9.34. The fraction of sp³-hybridized carbons (Fsp3) is 0.632. The van der Waals surface area contributed by atoms with Crippen LogP contribution < -0.4 is 0 Å². The van der Waals surface area contributed by atoms with E-state index < -0.39 is 0 Å². The second-order valence-corrected chi connectivity index (χ2v) is 7.60. The number of hydrogen-bond donors (Lipinski definition) is 1. The number of rotatable bonds is 2. The molecule has 3 atom stereocenters. The van der Waals surface area contributed by atoms with Crippen molar-refractivity contribution in [3.8, 4) is 0 Å². The van der Waals surface area contributed by atoms with E-state index >= 15 is 0 Å². The SMILES string of the molecule is O=C1C[C@@]2(CC[C@H](c3ccc4c(c3)CC[C@H](CO)C4)C2)CO1. The molecule has 1 aliphatic heterocycles. The minimum Gasteiger partial charge on any atom is -0.465 e. The van der Waals surface area contributed by atoms with Crippen LogP contribution in [0.3, 0.4) is 0 Å². The van der Waals surface area contributed by atoms with E-state index in [4.69, 9.17) is 4.74 Å². The third-order valence-corrected chi connectivity index (χ3v) is 6.05. The molecule has 1 N–H and O–H groups in total. The van der Waals surface area contributed by atoms with Gasteiger partial charge in [-0.05, 0) is 67.1 Å². The smallest absolute Gasteiger partial charge is 0.306 e. The first-order chi connectivity index (χ1) is 10.7. The van der Waals surface area contributed by atoms with E-state index in [0.29, 0.717) is 31.5 Å². The second-order valence-electron chi connectivity index (χ2n) is 7.60. The van der Waals surface area contributed by atoms with Gasteiger partial charge in [-0.3, -0.25) is 4.79 Å². The molecule has 1 saturated heterocycles. The number of carbonyl (C=O) groups is 1. The molecule has 1 heterocycles. The van der Waals surface area contributed by atoms with E-state index in [0.717, 1.165) is 32.1 Å². The molecule has 3 aliphatic rings. The summed E-state index contributed by atoms with van der Waals surface area (Å²) in [6.45, 7) is 0.936. The Morgan fingerprint density at radius 3 is 2.95 bits per heavy atom. The lowest BCUT2D eigenvalue weighted by molar-refractivity contribution is -0.137. The molecule has 3 heteroatoms. The van der Waals surface area contributed by atoms with E-state index in [1.165, 1.54) is 23.1 Å². The number of benzene rings is 1. The summed E-state index contributed by atoms with van der Waals surface area (Å²) in [7, 11) is 0. The fourth-order valence-electron chi connectivity index (χ4n) is 4.69. The molecule has 0 bridgehead atoms. The van der Waals surface area contributed by atoms with E-state index in [1.54, 1.807) is 0 Å². The zero-order chi connectivity index (χ0) is 15.2. The highest BCUT2D eigenvalue weighted by atomic mass is 16.5. The summed E-state index contributed by atoms with van der Waals surface area (Å²) in [5.41, 5.74) is 4.46. The van der Waals surface area contributed by atoms with Crippen LogP contribution in [0.2, 0.25) is 0 Å². The first-order valence-electron chi connectivity index (χ1n) is 8.56. The van der Waals surface area contributed by atoms with Gasteiger partial charge < -0.3 is 9.84 Å². The average molecular weight is 300 g/mol. The number of ether oxygens (including phenoxy) is 1. The lowest BCUT2D eigenvalue weighted by atomic mass is 9.80. The minimum absolute atomic E-state index is 0.0128. The summed E-state index contributed by atoms with van der Waals surface area (Å²) in [6, 6.07) is 6.94. The van der Waals surface area contributed by atoms with Crippen LogP contribution in [0.25, 0.3) is 0 Å². The van der Waals surface area contributed by atoms with Crippen molar-refractivity contribution in [1.82, 2.24) is 0 Å². The fourth-order valence-corrected chi connectivity index (χ4v) is 4.69. The molecule has 1 aromatic carbocycles. The van der Waals surface area contributed by atoms with Crippen LogP contribution in [0, 0.1) is 11.3 Å². The maximum Gasteiger partial charge on any atom is 0.306 e. The number of fused-ring (bicyclic) bond motifs is 1. The van der Waals surface area contributed by atoms with E-state index in [-0.39, 0.29) is 11.4 Å². The number of cyclic esters (lactones) is 1. The third-order valence-electron chi connectivity index (χ3n) is 6.05. The summed E-state index contributed by atoms with van der Waals surface area (Å²) in [5.74, 6) is 1.01. The highest BCUT2D eigenvalue weighted by Crippen LogP contribution is 2.51. The van der Waals surface area contributed by atoms with Gasteiger partial charge in [0.15, 0.2) is 0 Å². The van der Waals surface area contributed by atoms with Crippen molar-refractivity contribution in [2.75, 3.05) is 13.2 Å². The van der Waals surface area contributed by atoms with Crippen LogP contribution in [0.5, 0.6) is 0 Å². The molecule has 22 heavy (non-hydrogen) atoms. The van der Waals surface area contributed by atoms with Crippen molar-refractivity contribution in [1.29, 1.82) is 0 Å². The molecule has 1 saturated carbocycles. The van der Waals surface area contributed by atoms with Crippen molar-refractivity contribution >= 4 is 5.97 Å². The Bertz CT molecular complexity index is 594. The van der Waals surface area contributed by atoms with Crippen LogP contribution >= 0.6 is 0 Å². The van der Waals surface area contributed by atoms with Gasteiger partial charge in [-0.25, -0.2) is 0 Å². The average Bonchev–Trinajstić information content (AvgIpc) is 3.13. The van der Waals surface area contributed by atoms with Gasteiger partial charge in [0.2, 0.25) is 0 Å². The predicted molar refractivity (Wildman–Crippen MR) is 83.6 cm³/mol. The van der Waals surface area contributed by atoms with Crippen LogP contribution in [0.4, 0.5) is 0 Å². The zero-order valence-corrected chi connectivity index (χ0v) is 13.0. The molecule has 2 aliphatic carbocycles. The van der Waals surface area contributed by atoms with Crippen LogP contribution in [-0.4, -0.2) is 24.3 Å². The molecule has 0 amide bonds. The standard InChI is InChI=1S/C19H24O3/c20-11-13-1-2-15-8-16(4-3-14(15)7-13)17-5-6-19(9-17)10-18(21)22-12-19/h3-4,8,13,17,20H,1-2,5-7,9-12H2/t13-,17-,19-/m0/s1. The second kappa shape index (κ2) is 5.38. The molecule has 1 spiro atoms. The molecule has 0 aromatic heterocycles. The lowest BCUT2D eigenvalue weighted by Gasteiger charge is -2.25. The van der Waals surface area contributed by atoms with Gasteiger partial charge >= 0.3 is 5.97 Å². The molecule has 2 fully saturated rings. The van der Waals surface area contributed by atoms with Gasteiger partial charge in [0.25, 0.3) is 0 Å². The number of aryl methyl sites for hydroxylation is 1. The highest BCUT2D eigenvalue weighted by Gasteiger charge is 2.46. The summed E-state index contributed by atoms with van der Waals surface area (Å²) < 4.78 is 5.23. The first kappa shape index (κ1) is 14.3. The maximum atomic E-state index is 11.5. The largest absolute Gasteiger partial charge is 0.465 e. The lowest BCUT2D eigenvalue weighted by Crippen LogP contribution is -2.18. The van der Waals surface area contributed by atoms with Crippen molar-refractivity contribution in [3.05, 3.63) is 34.9 Å². The van der Waals surface area contributed by atoms with E-state index in [2.05, 4.69) is 18.2 Å². The molecule has 4 rings (SSSR count). The molecule has 0 unspecified atom stereocenters. The monoisotopic (exact) mass is 300 g/mol. The maximum absolute atomic E-state index is 11.5. The summed E-state index contributed by atoms with van der Waals surface area (Å²) in [6.07, 6.45) is 7.21. The van der Waals surface area contributed by atoms with Crippen LogP contribution in [0.1, 0.15) is 54.7 Å². The minimum atomic E-state index is -0.0128. The van der Waals surface area contributed by atoms with Crippen molar-refractivity contribution in [2.45, 2.75) is 50.9 Å². The number of aliphatic hydroxyl groups excluding tert-OH is 1. The normalized spacial score (nSPS) is 34.0. The highest BCUT2D eigenvalue weighted by molar-refractivity contribution is 5.72. The Morgan fingerprint density at radius 2 is 2.18 bits per heavy atom.